The second kappa shape index (κ2) is 10.4. The predicted octanol–water partition coefficient (Wildman–Crippen LogP) is 4.01. The summed E-state index contributed by atoms with van der Waals surface area (Å²) in [6.07, 6.45) is 2.19. The van der Waals surface area contributed by atoms with E-state index >= 15 is 4.39 Å². The molecule has 0 bridgehead atoms. The highest BCUT2D eigenvalue weighted by atomic mass is 32.1. The lowest BCUT2D eigenvalue weighted by atomic mass is 10.1. The van der Waals surface area contributed by atoms with Gasteiger partial charge < -0.3 is 28.9 Å². The first-order chi connectivity index (χ1) is 18.9. The Balaban J connectivity index is 1.42. The molecule has 0 spiro atoms. The van der Waals surface area contributed by atoms with E-state index in [-0.39, 0.29) is 11.7 Å². The van der Waals surface area contributed by atoms with Gasteiger partial charge in [0.15, 0.2) is 10.6 Å². The number of hydrogen-bond donors (Lipinski definition) is 1. The Bertz CT molecular complexity index is 1610. The Morgan fingerprint density at radius 1 is 1.13 bits per heavy atom. The van der Waals surface area contributed by atoms with Crippen LogP contribution in [0.4, 0.5) is 15.2 Å². The SMILES string of the molecule is COC1CCN(c2ccc(-c3cc(=O)c(C(=O)O)cn3-c3ccc4nc(N5CCOCC5)sc4c3)cc2F)C1. The van der Waals surface area contributed by atoms with Crippen molar-refractivity contribution in [1.29, 1.82) is 0 Å². The molecule has 6 rings (SSSR count). The first-order valence-corrected chi connectivity index (χ1v) is 13.5. The van der Waals surface area contributed by atoms with E-state index in [1.54, 1.807) is 35.1 Å². The second-order valence-electron chi connectivity index (χ2n) is 9.62. The maximum absolute atomic E-state index is 15.4. The molecule has 2 aromatic heterocycles. The van der Waals surface area contributed by atoms with Gasteiger partial charge in [0, 0.05) is 56.8 Å². The van der Waals surface area contributed by atoms with Gasteiger partial charge in [-0.3, -0.25) is 4.79 Å². The van der Waals surface area contributed by atoms with E-state index in [4.69, 9.17) is 14.5 Å². The normalized spacial score (nSPS) is 17.7. The Morgan fingerprint density at radius 3 is 2.67 bits per heavy atom. The fraction of sp³-hybridized carbons (Fsp3) is 0.321. The molecule has 0 amide bonds. The lowest BCUT2D eigenvalue weighted by Crippen LogP contribution is -2.36. The second-order valence-corrected chi connectivity index (χ2v) is 10.6. The van der Waals surface area contributed by atoms with Crippen LogP contribution in [0.15, 0.2) is 53.5 Å². The number of anilines is 2. The number of carbonyl (C=O) groups is 1. The lowest BCUT2D eigenvalue weighted by molar-refractivity contribution is 0.0694. The number of methoxy groups -OCH3 is 1. The fourth-order valence-corrected chi connectivity index (χ4v) is 6.18. The van der Waals surface area contributed by atoms with E-state index < -0.39 is 17.2 Å². The summed E-state index contributed by atoms with van der Waals surface area (Å²) in [5.74, 6) is -1.74. The van der Waals surface area contributed by atoms with Crippen LogP contribution in [-0.4, -0.2) is 73.2 Å². The zero-order chi connectivity index (χ0) is 27.1. The first-order valence-electron chi connectivity index (χ1n) is 12.7. The average Bonchev–Trinajstić information content (AvgIpc) is 3.60. The van der Waals surface area contributed by atoms with Crippen molar-refractivity contribution < 1.29 is 23.8 Å². The Morgan fingerprint density at radius 2 is 1.95 bits per heavy atom. The molecule has 2 aromatic carbocycles. The minimum Gasteiger partial charge on any atom is -0.477 e. The van der Waals surface area contributed by atoms with Crippen molar-refractivity contribution in [2.45, 2.75) is 12.5 Å². The van der Waals surface area contributed by atoms with Crippen LogP contribution in [0.5, 0.6) is 0 Å². The molecule has 1 N–H and O–H groups in total. The van der Waals surface area contributed by atoms with Gasteiger partial charge in [-0.2, -0.15) is 0 Å². The average molecular weight is 551 g/mol. The quantitative estimate of drug-likeness (QED) is 0.385. The molecule has 1 atom stereocenters. The number of rotatable bonds is 6. The molecule has 11 heteroatoms. The largest absolute Gasteiger partial charge is 0.477 e. The number of halogens is 1. The minimum absolute atomic E-state index is 0.0586. The molecule has 1 unspecified atom stereocenters. The van der Waals surface area contributed by atoms with Gasteiger partial charge in [0.1, 0.15) is 11.4 Å². The van der Waals surface area contributed by atoms with Crippen molar-refractivity contribution in [1.82, 2.24) is 9.55 Å². The summed E-state index contributed by atoms with van der Waals surface area (Å²) in [7, 11) is 1.65. The fourth-order valence-electron chi connectivity index (χ4n) is 5.13. The van der Waals surface area contributed by atoms with Crippen molar-refractivity contribution in [2.75, 3.05) is 56.3 Å². The maximum Gasteiger partial charge on any atom is 0.341 e. The van der Waals surface area contributed by atoms with Gasteiger partial charge in [-0.15, -0.1) is 0 Å². The van der Waals surface area contributed by atoms with E-state index in [0.29, 0.717) is 48.9 Å². The molecule has 2 aliphatic rings. The number of ether oxygens (including phenoxy) is 2. The van der Waals surface area contributed by atoms with Crippen molar-refractivity contribution in [3.63, 3.8) is 0 Å². The molecular formula is C28H27FN4O5S. The molecule has 2 aliphatic heterocycles. The summed E-state index contributed by atoms with van der Waals surface area (Å²) in [5, 5.41) is 10.5. The maximum atomic E-state index is 15.4. The van der Waals surface area contributed by atoms with Crippen molar-refractivity contribution in [3.8, 4) is 16.9 Å². The van der Waals surface area contributed by atoms with Crippen LogP contribution in [0.25, 0.3) is 27.2 Å². The summed E-state index contributed by atoms with van der Waals surface area (Å²) in [5.41, 5.74) is 1.78. The molecule has 202 valence electrons. The number of aromatic nitrogens is 2. The number of aromatic carboxylic acids is 1. The van der Waals surface area contributed by atoms with E-state index in [9.17, 15) is 14.7 Å². The van der Waals surface area contributed by atoms with E-state index in [2.05, 4.69) is 4.90 Å². The first kappa shape index (κ1) is 25.5. The number of carboxylic acids is 1. The summed E-state index contributed by atoms with van der Waals surface area (Å²) in [6, 6.07) is 11.7. The van der Waals surface area contributed by atoms with E-state index in [0.717, 1.165) is 34.9 Å². The van der Waals surface area contributed by atoms with Crippen LogP contribution in [-0.2, 0) is 9.47 Å². The highest BCUT2D eigenvalue weighted by Gasteiger charge is 2.25. The summed E-state index contributed by atoms with van der Waals surface area (Å²) in [4.78, 5) is 33.4. The number of nitrogens with zero attached hydrogens (tertiary/aromatic N) is 4. The summed E-state index contributed by atoms with van der Waals surface area (Å²) < 4.78 is 28.8. The number of carboxylic acid groups (broad SMARTS) is 1. The minimum atomic E-state index is -1.32. The van der Waals surface area contributed by atoms with Gasteiger partial charge >= 0.3 is 5.97 Å². The predicted molar refractivity (Wildman–Crippen MR) is 148 cm³/mol. The van der Waals surface area contributed by atoms with Crippen LogP contribution < -0.4 is 15.2 Å². The summed E-state index contributed by atoms with van der Waals surface area (Å²) in [6.45, 7) is 4.13. The standard InChI is InChI=1S/C28H27FN4O5S/c1-37-19-6-7-32(15-19)23-5-2-17(12-21(23)29)24-14-25(34)20(27(35)36)16-33(24)18-3-4-22-26(13-18)39-28(30-22)31-8-10-38-11-9-31/h2-5,12-14,16,19H,6-11,15H2,1H3,(H,35,36). The van der Waals surface area contributed by atoms with Crippen molar-refractivity contribution in [3.05, 3.63) is 70.3 Å². The third-order valence-electron chi connectivity index (χ3n) is 7.26. The third kappa shape index (κ3) is 4.88. The van der Waals surface area contributed by atoms with Crippen LogP contribution >= 0.6 is 11.3 Å². The van der Waals surface area contributed by atoms with Crippen molar-refractivity contribution in [2.24, 2.45) is 0 Å². The Hall–Kier alpha value is -3.80. The highest BCUT2D eigenvalue weighted by molar-refractivity contribution is 7.22. The molecule has 0 radical (unpaired) electrons. The van der Waals surface area contributed by atoms with E-state index in [1.807, 2.05) is 23.1 Å². The number of thiazole rings is 1. The number of fused-ring (bicyclic) bond motifs is 1. The molecule has 2 fully saturated rings. The third-order valence-corrected chi connectivity index (χ3v) is 8.34. The van der Waals surface area contributed by atoms with Gasteiger partial charge in [0.2, 0.25) is 0 Å². The molecular weight excluding hydrogens is 523 g/mol. The van der Waals surface area contributed by atoms with Gasteiger partial charge in [-0.05, 0) is 36.8 Å². The molecule has 4 heterocycles. The Labute approximate surface area is 227 Å². The van der Waals surface area contributed by atoms with Gasteiger partial charge in [0.25, 0.3) is 0 Å². The molecule has 39 heavy (non-hydrogen) atoms. The number of hydrogen-bond acceptors (Lipinski definition) is 8. The zero-order valence-corrected chi connectivity index (χ0v) is 22.1. The lowest BCUT2D eigenvalue weighted by Gasteiger charge is -2.25. The molecule has 9 nitrogen and oxygen atoms in total. The summed E-state index contributed by atoms with van der Waals surface area (Å²) >= 11 is 1.54. The van der Waals surface area contributed by atoms with E-state index in [1.165, 1.54) is 18.3 Å². The smallest absolute Gasteiger partial charge is 0.341 e. The topological polar surface area (TPSA) is 97.1 Å². The zero-order valence-electron chi connectivity index (χ0n) is 21.3. The number of benzene rings is 2. The number of morpholine rings is 1. The molecule has 4 aromatic rings. The highest BCUT2D eigenvalue weighted by Crippen LogP contribution is 2.33. The monoisotopic (exact) mass is 550 g/mol. The van der Waals surface area contributed by atoms with Crippen LogP contribution in [0.3, 0.4) is 0 Å². The van der Waals surface area contributed by atoms with Crippen LogP contribution in [0.2, 0.25) is 0 Å². The molecule has 0 aliphatic carbocycles. The van der Waals surface area contributed by atoms with Crippen LogP contribution in [0, 0.1) is 5.82 Å². The molecule has 0 saturated carbocycles. The number of pyridine rings is 1. The molecule has 2 saturated heterocycles. The van der Waals surface area contributed by atoms with Crippen LogP contribution in [0.1, 0.15) is 16.8 Å². The van der Waals surface area contributed by atoms with Gasteiger partial charge in [-0.25, -0.2) is 14.2 Å². The Kier molecular flexibility index (Phi) is 6.79. The van der Waals surface area contributed by atoms with Gasteiger partial charge in [-0.1, -0.05) is 17.4 Å². The van der Waals surface area contributed by atoms with Gasteiger partial charge in [0.05, 0.1) is 40.9 Å². The van der Waals surface area contributed by atoms with Crippen molar-refractivity contribution >= 4 is 38.3 Å².